The predicted octanol–water partition coefficient (Wildman–Crippen LogP) is 3.37. The van der Waals surface area contributed by atoms with E-state index in [1.165, 1.54) is 11.8 Å². The zero-order chi connectivity index (χ0) is 15.6. The number of aromatic nitrogens is 1. The van der Waals surface area contributed by atoms with Gasteiger partial charge in [-0.1, -0.05) is 11.8 Å². The second-order valence-electron chi connectivity index (χ2n) is 6.11. The number of fused-ring (bicyclic) bond motifs is 1. The molecule has 0 aliphatic carbocycles. The maximum absolute atomic E-state index is 11.8. The summed E-state index contributed by atoms with van der Waals surface area (Å²) < 4.78 is 2.09. The topological polar surface area (TPSA) is 45.2 Å². The van der Waals surface area contributed by atoms with Gasteiger partial charge in [-0.15, -0.1) is 11.3 Å². The minimum atomic E-state index is -0.189. The lowest BCUT2D eigenvalue weighted by atomic mass is 10.1. The number of thioether (sulfide) groups is 1. The molecule has 1 amide bonds. The molecule has 0 atom stereocenters. The molecule has 1 N–H and O–H groups in total. The minimum absolute atomic E-state index is 0.0423. The first-order valence-corrected chi connectivity index (χ1v) is 8.56. The molecule has 0 bridgehead atoms. The zero-order valence-electron chi connectivity index (χ0n) is 13.1. The van der Waals surface area contributed by atoms with E-state index in [0.29, 0.717) is 5.75 Å². The third-order valence-corrected chi connectivity index (χ3v) is 4.89. The molecule has 114 valence electrons. The van der Waals surface area contributed by atoms with Gasteiger partial charge in [0.2, 0.25) is 5.91 Å². The van der Waals surface area contributed by atoms with Crippen LogP contribution in [0.15, 0.2) is 22.5 Å². The van der Waals surface area contributed by atoms with E-state index in [0.717, 1.165) is 20.2 Å². The molecule has 0 radical (unpaired) electrons. The molecule has 4 nitrogen and oxygen atoms in total. The molecule has 1 aromatic heterocycles. The van der Waals surface area contributed by atoms with Gasteiger partial charge in [0.25, 0.3) is 0 Å². The number of benzene rings is 1. The highest BCUT2D eigenvalue weighted by molar-refractivity contribution is 8.01. The van der Waals surface area contributed by atoms with Gasteiger partial charge in [0.05, 0.1) is 16.0 Å². The number of anilines is 1. The van der Waals surface area contributed by atoms with Crippen LogP contribution in [0, 0.1) is 0 Å². The van der Waals surface area contributed by atoms with Crippen LogP contribution in [0.2, 0.25) is 0 Å². The zero-order valence-corrected chi connectivity index (χ0v) is 14.7. The number of hydrogen-bond acceptors (Lipinski definition) is 5. The van der Waals surface area contributed by atoms with E-state index < -0.39 is 0 Å². The fourth-order valence-corrected chi connectivity index (χ4v) is 3.67. The second kappa shape index (κ2) is 6.23. The number of carbonyl (C=O) groups is 1. The molecule has 2 aromatic rings. The summed E-state index contributed by atoms with van der Waals surface area (Å²) in [5.74, 6) is 0.443. The lowest BCUT2D eigenvalue weighted by Crippen LogP contribution is -2.41. The van der Waals surface area contributed by atoms with E-state index >= 15 is 0 Å². The maximum Gasteiger partial charge on any atom is 0.230 e. The molecular weight excluding hydrogens is 302 g/mol. The Bertz CT molecular complexity index is 644. The Labute approximate surface area is 133 Å². The number of amides is 1. The molecule has 0 fully saturated rings. The predicted molar refractivity (Wildman–Crippen MR) is 92.6 cm³/mol. The number of nitrogens with zero attached hydrogens (tertiary/aromatic N) is 2. The first-order valence-electron chi connectivity index (χ1n) is 6.76. The number of rotatable bonds is 4. The maximum atomic E-state index is 11.8. The standard InChI is InChI=1S/C15H21N3OS2/c1-15(2,3)17-13(19)9-20-14-16-11-8-10(18(4)5)6-7-12(11)21-14/h6-8H,9H2,1-5H3,(H,17,19). The van der Waals surface area contributed by atoms with Crippen molar-refractivity contribution in [3.63, 3.8) is 0 Å². The van der Waals surface area contributed by atoms with Gasteiger partial charge in [-0.05, 0) is 39.0 Å². The first kappa shape index (κ1) is 16.1. The van der Waals surface area contributed by atoms with E-state index in [9.17, 15) is 4.79 Å². The largest absolute Gasteiger partial charge is 0.378 e. The molecule has 1 heterocycles. The summed E-state index contributed by atoms with van der Waals surface area (Å²) in [5.41, 5.74) is 1.94. The molecule has 0 spiro atoms. The Hall–Kier alpha value is -1.27. The van der Waals surface area contributed by atoms with Gasteiger partial charge < -0.3 is 10.2 Å². The average Bonchev–Trinajstić information content (AvgIpc) is 2.75. The van der Waals surface area contributed by atoms with Crippen molar-refractivity contribution in [1.29, 1.82) is 0 Å². The molecule has 2 rings (SSSR count). The second-order valence-corrected chi connectivity index (χ2v) is 8.37. The summed E-state index contributed by atoms with van der Waals surface area (Å²) in [7, 11) is 4.03. The van der Waals surface area contributed by atoms with Crippen molar-refractivity contribution in [3.05, 3.63) is 18.2 Å². The van der Waals surface area contributed by atoms with Crippen molar-refractivity contribution in [2.24, 2.45) is 0 Å². The Morgan fingerprint density at radius 1 is 1.38 bits per heavy atom. The fraction of sp³-hybridized carbons (Fsp3) is 0.467. The van der Waals surface area contributed by atoms with Crippen molar-refractivity contribution in [1.82, 2.24) is 10.3 Å². The average molecular weight is 323 g/mol. The van der Waals surface area contributed by atoms with Crippen LogP contribution in [0.3, 0.4) is 0 Å². The Kier molecular flexibility index (Phi) is 4.78. The first-order chi connectivity index (χ1) is 9.74. The van der Waals surface area contributed by atoms with Crippen LogP contribution in [0.1, 0.15) is 20.8 Å². The molecule has 21 heavy (non-hydrogen) atoms. The quantitative estimate of drug-likeness (QED) is 0.876. The van der Waals surface area contributed by atoms with Crippen LogP contribution < -0.4 is 10.2 Å². The molecule has 0 aliphatic rings. The van der Waals surface area contributed by atoms with Gasteiger partial charge in [-0.2, -0.15) is 0 Å². The molecule has 1 aromatic carbocycles. The molecule has 0 saturated carbocycles. The van der Waals surface area contributed by atoms with Crippen LogP contribution >= 0.6 is 23.1 Å². The molecule has 6 heteroatoms. The Morgan fingerprint density at radius 2 is 2.10 bits per heavy atom. The summed E-state index contributed by atoms with van der Waals surface area (Å²) in [5, 5.41) is 2.96. The van der Waals surface area contributed by atoms with Gasteiger partial charge in [-0.3, -0.25) is 4.79 Å². The van der Waals surface area contributed by atoms with Crippen LogP contribution in [-0.2, 0) is 4.79 Å². The van der Waals surface area contributed by atoms with Crippen molar-refractivity contribution in [2.75, 3.05) is 24.7 Å². The highest BCUT2D eigenvalue weighted by atomic mass is 32.2. The normalized spacial score (nSPS) is 11.7. The van der Waals surface area contributed by atoms with E-state index in [1.54, 1.807) is 11.3 Å². The van der Waals surface area contributed by atoms with E-state index in [1.807, 2.05) is 34.9 Å². The smallest absolute Gasteiger partial charge is 0.230 e. The molecular formula is C15H21N3OS2. The lowest BCUT2D eigenvalue weighted by molar-refractivity contribution is -0.119. The van der Waals surface area contributed by atoms with E-state index in [4.69, 9.17) is 0 Å². The Balaban J connectivity index is 2.04. The van der Waals surface area contributed by atoms with Crippen molar-refractivity contribution in [3.8, 4) is 0 Å². The van der Waals surface area contributed by atoms with Crippen LogP contribution in [0.25, 0.3) is 10.2 Å². The van der Waals surface area contributed by atoms with Gasteiger partial charge in [0, 0.05) is 25.3 Å². The third kappa shape index (κ3) is 4.61. The molecule has 0 aliphatic heterocycles. The Morgan fingerprint density at radius 3 is 2.71 bits per heavy atom. The van der Waals surface area contributed by atoms with Crippen molar-refractivity contribution < 1.29 is 4.79 Å². The van der Waals surface area contributed by atoms with E-state index in [-0.39, 0.29) is 11.4 Å². The molecule has 0 saturated heterocycles. The summed E-state index contributed by atoms with van der Waals surface area (Å²) >= 11 is 3.12. The van der Waals surface area contributed by atoms with Crippen LogP contribution in [0.5, 0.6) is 0 Å². The van der Waals surface area contributed by atoms with E-state index in [2.05, 4.69) is 33.4 Å². The van der Waals surface area contributed by atoms with Gasteiger partial charge in [-0.25, -0.2) is 4.98 Å². The van der Waals surface area contributed by atoms with Crippen molar-refractivity contribution in [2.45, 2.75) is 30.6 Å². The van der Waals surface area contributed by atoms with Crippen molar-refractivity contribution >= 4 is 44.9 Å². The third-order valence-electron chi connectivity index (χ3n) is 2.71. The number of thiazole rings is 1. The van der Waals surface area contributed by atoms with Gasteiger partial charge in [0.1, 0.15) is 0 Å². The lowest BCUT2D eigenvalue weighted by Gasteiger charge is -2.19. The monoisotopic (exact) mass is 323 g/mol. The summed E-state index contributed by atoms with van der Waals surface area (Å²) in [6.45, 7) is 5.95. The fourth-order valence-electron chi connectivity index (χ4n) is 1.82. The summed E-state index contributed by atoms with van der Waals surface area (Å²) in [6.07, 6.45) is 0. The van der Waals surface area contributed by atoms with Crippen LogP contribution in [-0.4, -0.2) is 36.3 Å². The SMILES string of the molecule is CN(C)c1ccc2sc(SCC(=O)NC(C)(C)C)nc2c1. The summed E-state index contributed by atoms with van der Waals surface area (Å²) in [4.78, 5) is 18.5. The highest BCUT2D eigenvalue weighted by Crippen LogP contribution is 2.31. The number of nitrogens with one attached hydrogen (secondary N) is 1. The minimum Gasteiger partial charge on any atom is -0.378 e. The summed E-state index contributed by atoms with van der Waals surface area (Å²) in [6, 6.07) is 6.24. The molecule has 0 unspecified atom stereocenters. The highest BCUT2D eigenvalue weighted by Gasteiger charge is 2.14. The number of hydrogen-bond donors (Lipinski definition) is 1. The van der Waals surface area contributed by atoms with Gasteiger partial charge in [0.15, 0.2) is 4.34 Å². The number of carbonyl (C=O) groups excluding carboxylic acids is 1. The van der Waals surface area contributed by atoms with Gasteiger partial charge >= 0.3 is 0 Å². The van der Waals surface area contributed by atoms with Crippen LogP contribution in [0.4, 0.5) is 5.69 Å².